The number of ether oxygens (including phenoxy) is 1. The van der Waals surface area contributed by atoms with Crippen LogP contribution in [0.5, 0.6) is 5.75 Å². The van der Waals surface area contributed by atoms with Crippen LogP contribution in [0.1, 0.15) is 10.4 Å². The van der Waals surface area contributed by atoms with Gasteiger partial charge in [-0.25, -0.2) is 0 Å². The van der Waals surface area contributed by atoms with Crippen LogP contribution in [0.4, 0.5) is 0 Å². The topological polar surface area (TPSA) is 26.3 Å². The lowest BCUT2D eigenvalue weighted by molar-refractivity contribution is 0.112. The number of aldehydes is 1. The molecule has 0 fully saturated rings. The zero-order valence-electron chi connectivity index (χ0n) is 12.3. The molecule has 0 aliphatic carbocycles. The number of rotatable bonds is 4. The Balaban J connectivity index is 2.12. The lowest BCUT2D eigenvalue weighted by Gasteiger charge is -2.12. The first-order valence-electron chi connectivity index (χ1n) is 7.11. The van der Waals surface area contributed by atoms with Crippen molar-refractivity contribution in [1.29, 1.82) is 0 Å². The summed E-state index contributed by atoms with van der Waals surface area (Å²) in [5.74, 6) is 0.760. The van der Waals surface area contributed by atoms with Crippen LogP contribution in [0, 0.1) is 0 Å². The van der Waals surface area contributed by atoms with Crippen molar-refractivity contribution in [3.63, 3.8) is 0 Å². The van der Waals surface area contributed by atoms with Crippen LogP contribution in [-0.4, -0.2) is 13.4 Å². The van der Waals surface area contributed by atoms with Crippen molar-refractivity contribution in [2.75, 3.05) is 7.11 Å². The minimum absolute atomic E-state index is 0.660. The second-order valence-corrected chi connectivity index (χ2v) is 4.99. The molecule has 2 nitrogen and oxygen atoms in total. The van der Waals surface area contributed by atoms with Gasteiger partial charge in [0.25, 0.3) is 0 Å². The summed E-state index contributed by atoms with van der Waals surface area (Å²) in [4.78, 5) is 11.2. The van der Waals surface area contributed by atoms with E-state index in [0.29, 0.717) is 5.56 Å². The number of benzene rings is 3. The number of carbonyl (C=O) groups is 1. The summed E-state index contributed by atoms with van der Waals surface area (Å²) in [6, 6.07) is 23.7. The Morgan fingerprint density at radius 1 is 0.773 bits per heavy atom. The molecular weight excluding hydrogens is 272 g/mol. The highest BCUT2D eigenvalue weighted by Crippen LogP contribution is 2.35. The van der Waals surface area contributed by atoms with Crippen LogP contribution >= 0.6 is 0 Å². The van der Waals surface area contributed by atoms with Crippen molar-refractivity contribution in [3.05, 3.63) is 78.4 Å². The van der Waals surface area contributed by atoms with Crippen LogP contribution in [0.25, 0.3) is 22.3 Å². The largest absolute Gasteiger partial charge is 0.496 e. The van der Waals surface area contributed by atoms with Crippen LogP contribution in [0.3, 0.4) is 0 Å². The quantitative estimate of drug-likeness (QED) is 0.642. The monoisotopic (exact) mass is 288 g/mol. The molecule has 0 unspecified atom stereocenters. The standard InChI is InChI=1S/C20H16O2/c1-22-20-13-16(15-7-3-2-4-8-15)11-12-19(20)18-10-6-5-9-17(18)14-21/h2-14H,1H3. The van der Waals surface area contributed by atoms with Gasteiger partial charge in [0.15, 0.2) is 6.29 Å². The SMILES string of the molecule is COc1cc(-c2ccccc2)ccc1-c1ccccc1C=O. The van der Waals surface area contributed by atoms with Gasteiger partial charge in [-0.1, -0.05) is 66.7 Å². The molecular formula is C20H16O2. The normalized spacial score (nSPS) is 10.2. The summed E-state index contributed by atoms with van der Waals surface area (Å²) in [6.45, 7) is 0. The number of methoxy groups -OCH3 is 1. The fourth-order valence-electron chi connectivity index (χ4n) is 2.57. The number of hydrogen-bond acceptors (Lipinski definition) is 2. The second kappa shape index (κ2) is 6.27. The average Bonchev–Trinajstić information content (AvgIpc) is 2.62. The summed E-state index contributed by atoms with van der Waals surface area (Å²) in [5, 5.41) is 0. The second-order valence-electron chi connectivity index (χ2n) is 4.99. The van der Waals surface area contributed by atoms with E-state index in [2.05, 4.69) is 18.2 Å². The van der Waals surface area contributed by atoms with E-state index in [1.165, 1.54) is 0 Å². The van der Waals surface area contributed by atoms with Gasteiger partial charge in [0.2, 0.25) is 0 Å². The van der Waals surface area contributed by atoms with Gasteiger partial charge in [0, 0.05) is 11.1 Å². The summed E-state index contributed by atoms with van der Waals surface area (Å²) >= 11 is 0. The molecule has 3 rings (SSSR count). The third-order valence-electron chi connectivity index (χ3n) is 3.69. The van der Waals surface area contributed by atoms with Crippen molar-refractivity contribution in [2.24, 2.45) is 0 Å². The summed E-state index contributed by atoms with van der Waals surface area (Å²) in [6.07, 6.45) is 0.875. The molecule has 22 heavy (non-hydrogen) atoms. The summed E-state index contributed by atoms with van der Waals surface area (Å²) in [7, 11) is 1.65. The molecule has 0 saturated carbocycles. The maximum Gasteiger partial charge on any atom is 0.150 e. The van der Waals surface area contributed by atoms with Crippen LogP contribution in [-0.2, 0) is 0 Å². The molecule has 0 spiro atoms. The number of hydrogen-bond donors (Lipinski definition) is 0. The number of carbonyl (C=O) groups excluding carboxylic acids is 1. The molecule has 0 amide bonds. The molecule has 0 aromatic heterocycles. The van der Waals surface area contributed by atoms with Crippen molar-refractivity contribution in [1.82, 2.24) is 0 Å². The van der Waals surface area contributed by atoms with Crippen LogP contribution < -0.4 is 4.74 Å². The van der Waals surface area contributed by atoms with Gasteiger partial charge in [-0.15, -0.1) is 0 Å². The van der Waals surface area contributed by atoms with Gasteiger partial charge in [0.05, 0.1) is 7.11 Å². The molecule has 0 aliphatic rings. The van der Waals surface area contributed by atoms with Gasteiger partial charge in [-0.3, -0.25) is 4.79 Å². The molecule has 0 aliphatic heterocycles. The third-order valence-corrected chi connectivity index (χ3v) is 3.69. The highest BCUT2D eigenvalue weighted by atomic mass is 16.5. The van der Waals surface area contributed by atoms with Crippen molar-refractivity contribution in [2.45, 2.75) is 0 Å². The van der Waals surface area contributed by atoms with Crippen molar-refractivity contribution >= 4 is 6.29 Å². The van der Waals surface area contributed by atoms with E-state index in [9.17, 15) is 4.79 Å². The Bertz CT molecular complexity index is 792. The Morgan fingerprint density at radius 3 is 2.23 bits per heavy atom. The molecule has 2 heteroatoms. The minimum atomic E-state index is 0.660. The van der Waals surface area contributed by atoms with E-state index in [1.807, 2.05) is 54.6 Å². The first-order chi connectivity index (χ1) is 10.8. The van der Waals surface area contributed by atoms with E-state index < -0.39 is 0 Å². The Kier molecular flexibility index (Phi) is 4.01. The van der Waals surface area contributed by atoms with Crippen LogP contribution in [0.2, 0.25) is 0 Å². The van der Waals surface area contributed by atoms with Gasteiger partial charge in [0.1, 0.15) is 5.75 Å². The Hall–Kier alpha value is -2.87. The van der Waals surface area contributed by atoms with E-state index >= 15 is 0 Å². The third kappa shape index (κ3) is 2.63. The maximum absolute atomic E-state index is 11.2. The molecule has 0 atom stereocenters. The van der Waals surface area contributed by atoms with Gasteiger partial charge in [-0.05, 0) is 22.8 Å². The first kappa shape index (κ1) is 14.1. The minimum Gasteiger partial charge on any atom is -0.496 e. The highest BCUT2D eigenvalue weighted by molar-refractivity contribution is 5.90. The molecule has 0 radical (unpaired) electrons. The molecule has 3 aromatic carbocycles. The fourth-order valence-corrected chi connectivity index (χ4v) is 2.57. The van der Waals surface area contributed by atoms with E-state index in [0.717, 1.165) is 34.3 Å². The van der Waals surface area contributed by atoms with Crippen molar-refractivity contribution < 1.29 is 9.53 Å². The van der Waals surface area contributed by atoms with Gasteiger partial charge < -0.3 is 4.74 Å². The zero-order valence-corrected chi connectivity index (χ0v) is 12.3. The summed E-state index contributed by atoms with van der Waals surface area (Å²) in [5.41, 5.74) is 4.69. The lowest BCUT2D eigenvalue weighted by atomic mass is 9.96. The van der Waals surface area contributed by atoms with Crippen molar-refractivity contribution in [3.8, 4) is 28.0 Å². The fraction of sp³-hybridized carbons (Fsp3) is 0.0500. The van der Waals surface area contributed by atoms with E-state index in [1.54, 1.807) is 7.11 Å². The maximum atomic E-state index is 11.2. The predicted octanol–water partition coefficient (Wildman–Crippen LogP) is 4.84. The summed E-state index contributed by atoms with van der Waals surface area (Å²) < 4.78 is 5.55. The van der Waals surface area contributed by atoms with Gasteiger partial charge in [-0.2, -0.15) is 0 Å². The molecule has 0 saturated heterocycles. The van der Waals surface area contributed by atoms with E-state index in [-0.39, 0.29) is 0 Å². The van der Waals surface area contributed by atoms with Crippen LogP contribution in [0.15, 0.2) is 72.8 Å². The van der Waals surface area contributed by atoms with Gasteiger partial charge >= 0.3 is 0 Å². The Morgan fingerprint density at radius 2 is 1.50 bits per heavy atom. The predicted molar refractivity (Wildman–Crippen MR) is 89.3 cm³/mol. The molecule has 108 valence electrons. The molecule has 0 bridgehead atoms. The molecule has 0 N–H and O–H groups in total. The molecule has 3 aromatic rings. The molecule has 0 heterocycles. The average molecular weight is 288 g/mol. The van der Waals surface area contributed by atoms with E-state index in [4.69, 9.17) is 4.74 Å². The zero-order chi connectivity index (χ0) is 15.4. The first-order valence-corrected chi connectivity index (χ1v) is 7.11. The lowest BCUT2D eigenvalue weighted by Crippen LogP contribution is -1.92. The highest BCUT2D eigenvalue weighted by Gasteiger charge is 2.11. The Labute approximate surface area is 130 Å². The smallest absolute Gasteiger partial charge is 0.150 e.